The van der Waals surface area contributed by atoms with Gasteiger partial charge in [0, 0.05) is 35.2 Å². The number of H-pyrrole nitrogens is 9. The summed E-state index contributed by atoms with van der Waals surface area (Å²) >= 11 is 0. The molecule has 0 aromatic carbocycles. The van der Waals surface area contributed by atoms with Gasteiger partial charge in [-0.2, -0.15) is 0 Å². The van der Waals surface area contributed by atoms with E-state index in [0.717, 1.165) is 13.7 Å². The van der Waals surface area contributed by atoms with Crippen LogP contribution in [0.2, 0.25) is 0 Å². The topological polar surface area (TPSA) is 363 Å². The van der Waals surface area contributed by atoms with Crippen molar-refractivity contribution in [3.05, 3.63) is 117 Å². The summed E-state index contributed by atoms with van der Waals surface area (Å²) < 4.78 is 5.28. The maximum atomic E-state index is 11.5. The molecule has 51 heavy (non-hydrogen) atoms. The van der Waals surface area contributed by atoms with Gasteiger partial charge in [-0.15, -0.1) is 0 Å². The molecular formula is C25H26N16O10. The van der Waals surface area contributed by atoms with Gasteiger partial charge >= 0.3 is 34.1 Å². The molecular weight excluding hydrogens is 684 g/mol. The lowest BCUT2D eigenvalue weighted by atomic mass is 10.5. The first-order valence-corrected chi connectivity index (χ1v) is 14.1. The van der Waals surface area contributed by atoms with Crippen LogP contribution in [0.25, 0.3) is 44.7 Å². The molecule has 8 aromatic heterocycles. The highest BCUT2D eigenvalue weighted by molar-refractivity contribution is 5.69. The molecule has 0 aliphatic carbocycles. The van der Waals surface area contributed by atoms with Crippen molar-refractivity contribution in [2.24, 2.45) is 35.2 Å². The highest BCUT2D eigenvalue weighted by atomic mass is 16.2. The van der Waals surface area contributed by atoms with Crippen LogP contribution in [-0.4, -0.2) is 77.7 Å². The van der Waals surface area contributed by atoms with E-state index in [4.69, 9.17) is 0 Å². The number of imidazole rings is 4. The normalized spacial score (nSPS) is 10.8. The molecule has 0 radical (unpaired) electrons. The molecule has 26 heteroatoms. The number of nitrogens with one attached hydrogen (secondary N) is 9. The fraction of sp³-hybridized carbons (Fsp3) is 0.200. The molecule has 0 amide bonds. The first kappa shape index (κ1) is 34.5. The van der Waals surface area contributed by atoms with Crippen molar-refractivity contribution in [1.82, 2.24) is 77.7 Å². The molecule has 0 unspecified atom stereocenters. The summed E-state index contributed by atoms with van der Waals surface area (Å²) in [4.78, 5) is 140. The molecule has 266 valence electrons. The van der Waals surface area contributed by atoms with Crippen molar-refractivity contribution >= 4 is 44.7 Å². The zero-order valence-corrected chi connectivity index (χ0v) is 26.9. The summed E-state index contributed by atoms with van der Waals surface area (Å²) in [7, 11) is 7.11. The first-order chi connectivity index (χ1) is 24.0. The van der Waals surface area contributed by atoms with E-state index < -0.39 is 50.8 Å². The van der Waals surface area contributed by atoms with Crippen LogP contribution in [0.15, 0.2) is 60.6 Å². The van der Waals surface area contributed by atoms with E-state index in [1.807, 2.05) is 0 Å². The van der Waals surface area contributed by atoms with Crippen LogP contribution in [0.3, 0.4) is 0 Å². The van der Waals surface area contributed by atoms with Gasteiger partial charge in [0.15, 0.2) is 22.3 Å². The van der Waals surface area contributed by atoms with Gasteiger partial charge in [-0.1, -0.05) is 0 Å². The van der Waals surface area contributed by atoms with Crippen LogP contribution in [0.1, 0.15) is 0 Å². The second-order valence-electron chi connectivity index (χ2n) is 10.5. The number of hydrogen-bond acceptors (Lipinski definition) is 12. The van der Waals surface area contributed by atoms with Crippen molar-refractivity contribution in [3.63, 3.8) is 0 Å². The number of hydrogen-bond donors (Lipinski definition) is 9. The van der Waals surface area contributed by atoms with E-state index in [0.29, 0.717) is 22.3 Å². The van der Waals surface area contributed by atoms with Gasteiger partial charge in [-0.25, -0.2) is 38.7 Å². The Morgan fingerprint density at radius 3 is 1.69 bits per heavy atom. The quantitative estimate of drug-likeness (QED) is 0.0711. The van der Waals surface area contributed by atoms with Gasteiger partial charge in [-0.05, 0) is 0 Å². The molecule has 8 aromatic rings. The summed E-state index contributed by atoms with van der Waals surface area (Å²) in [6, 6.07) is 0. The minimum absolute atomic E-state index is 0.0760. The molecule has 8 heterocycles. The molecule has 9 N–H and O–H groups in total. The third-order valence-electron chi connectivity index (χ3n) is 7.29. The lowest BCUT2D eigenvalue weighted by molar-refractivity contribution is 0.708. The monoisotopic (exact) mass is 710 g/mol. The number of fused-ring (bicyclic) bond motifs is 4. The van der Waals surface area contributed by atoms with Gasteiger partial charge in [0.1, 0.15) is 22.3 Å². The van der Waals surface area contributed by atoms with Crippen LogP contribution in [0, 0.1) is 0 Å². The summed E-state index contributed by atoms with van der Waals surface area (Å²) in [5.41, 5.74) is -3.01. The van der Waals surface area contributed by atoms with Crippen LogP contribution in [-0.2, 0) is 35.2 Å². The van der Waals surface area contributed by atoms with E-state index in [1.54, 1.807) is 7.05 Å². The largest absolute Gasteiger partial charge is 0.339 e. The van der Waals surface area contributed by atoms with Crippen LogP contribution < -0.4 is 56.4 Å². The van der Waals surface area contributed by atoms with Crippen LogP contribution in [0.4, 0.5) is 0 Å². The van der Waals surface area contributed by atoms with Crippen LogP contribution in [0.5, 0.6) is 0 Å². The van der Waals surface area contributed by atoms with Gasteiger partial charge in [0.05, 0.1) is 12.7 Å². The van der Waals surface area contributed by atoms with Crippen molar-refractivity contribution in [2.75, 3.05) is 0 Å². The van der Waals surface area contributed by atoms with Gasteiger partial charge < -0.3 is 9.97 Å². The van der Waals surface area contributed by atoms with Crippen molar-refractivity contribution in [2.45, 2.75) is 0 Å². The molecule has 0 fully saturated rings. The molecule has 0 atom stereocenters. The summed E-state index contributed by atoms with van der Waals surface area (Å²) in [5.74, 6) is 0. The van der Waals surface area contributed by atoms with E-state index in [1.165, 1.54) is 50.0 Å². The lowest BCUT2D eigenvalue weighted by Crippen LogP contribution is -2.36. The van der Waals surface area contributed by atoms with E-state index in [9.17, 15) is 47.9 Å². The Balaban J connectivity index is 0.000000132. The first-order valence-electron chi connectivity index (χ1n) is 14.1. The molecule has 0 aliphatic rings. The smallest absolute Gasteiger partial charge is 0.332 e. The second kappa shape index (κ2) is 13.0. The van der Waals surface area contributed by atoms with E-state index in [2.05, 4.69) is 54.8 Å². The highest BCUT2D eigenvalue weighted by Crippen LogP contribution is 1.97. The maximum absolute atomic E-state index is 11.5. The van der Waals surface area contributed by atoms with Gasteiger partial charge in [0.25, 0.3) is 22.2 Å². The Morgan fingerprint density at radius 2 is 1.00 bits per heavy atom. The zero-order chi connectivity index (χ0) is 37.5. The van der Waals surface area contributed by atoms with E-state index >= 15 is 0 Å². The van der Waals surface area contributed by atoms with Crippen LogP contribution >= 0.6 is 0 Å². The predicted molar refractivity (Wildman–Crippen MR) is 178 cm³/mol. The summed E-state index contributed by atoms with van der Waals surface area (Å²) in [6.07, 6.45) is 2.74. The zero-order valence-electron chi connectivity index (χ0n) is 26.9. The van der Waals surface area contributed by atoms with Crippen molar-refractivity contribution in [1.29, 1.82) is 0 Å². The summed E-state index contributed by atoms with van der Waals surface area (Å²) in [5, 5.41) is 0. The average molecular weight is 711 g/mol. The van der Waals surface area contributed by atoms with Crippen molar-refractivity contribution in [3.8, 4) is 0 Å². The molecule has 0 spiro atoms. The van der Waals surface area contributed by atoms with E-state index in [-0.39, 0.29) is 27.9 Å². The molecule has 26 nitrogen and oxygen atoms in total. The molecule has 0 saturated heterocycles. The minimum atomic E-state index is -0.562. The summed E-state index contributed by atoms with van der Waals surface area (Å²) in [6.45, 7) is 0. The predicted octanol–water partition coefficient (Wildman–Crippen LogP) is -5.60. The maximum Gasteiger partial charge on any atom is 0.332 e. The molecule has 0 saturated carbocycles. The number of nitrogens with zero attached hydrogens (tertiary/aromatic N) is 7. The molecule has 0 bridgehead atoms. The van der Waals surface area contributed by atoms with Gasteiger partial charge in [-0.3, -0.25) is 76.9 Å². The Hall–Kier alpha value is -7.80. The molecule has 0 aliphatic heterocycles. The molecule has 8 rings (SSSR count). The van der Waals surface area contributed by atoms with Crippen molar-refractivity contribution < 1.29 is 0 Å². The average Bonchev–Trinajstić information content (AvgIpc) is 3.91. The number of aromatic nitrogens is 16. The number of aromatic amines is 9. The standard InChI is InChI=1S/C7H8N4O3.C6H6N4O3.2C6H6N4O2/c1-10-4-3(8-6(13)9-4)5(12)11(2)7(10)14;1-10-4(11)2-3(9-6(10)13)8-5(12)7-2;1-10-4-3(7-2-8-4)5(11)9-6(10)12;1-10-5(11)3-4(8-2-7-3)9-6(10)12/h1-2H3,(H2,8,9,13);1H3,(H,9,13)(H2,7,8,12);2H,1H3,(H,7,8)(H,9,11,12);2H,1H3,(H,7,8)(H,9,12). The lowest BCUT2D eigenvalue weighted by Gasteiger charge is -2.01. The Bertz CT molecular complexity index is 3220. The van der Waals surface area contributed by atoms with Gasteiger partial charge in [0.2, 0.25) is 0 Å². The number of aryl methyl sites for hydroxylation is 2. The SMILES string of the molecule is Cn1c(=O)[nH]c(=O)c2[nH]cnc21.Cn1c(=O)[nH]c2[nH]c(=O)[nH]c2c1=O.Cn1c(=O)[nH]c2nc[nH]c2c1=O.Cn1c(=O)c2[nH]c(=O)[nH]c2n(C)c1=O. The Kier molecular flexibility index (Phi) is 8.81. The Labute approximate surface area is 274 Å². The third-order valence-corrected chi connectivity index (χ3v) is 7.29. The fourth-order valence-corrected chi connectivity index (χ4v) is 4.49. The number of rotatable bonds is 0. The third kappa shape index (κ3) is 6.28. The highest BCUT2D eigenvalue weighted by Gasteiger charge is 2.11. The second-order valence-corrected chi connectivity index (χ2v) is 10.5. The Morgan fingerprint density at radius 1 is 0.471 bits per heavy atom. The minimum Gasteiger partial charge on any atom is -0.339 e. The fourth-order valence-electron chi connectivity index (χ4n) is 4.49.